The van der Waals surface area contributed by atoms with Gasteiger partial charge in [0.2, 0.25) is 11.8 Å². The van der Waals surface area contributed by atoms with Crippen LogP contribution in [0.5, 0.6) is 0 Å². The normalized spacial score (nSPS) is 21.9. The van der Waals surface area contributed by atoms with E-state index in [1.807, 2.05) is 46.3 Å². The monoisotopic (exact) mass is 913 g/mol. The number of fused-ring (bicyclic) bond motifs is 6. The number of piperidine rings is 1. The summed E-state index contributed by atoms with van der Waals surface area (Å²) in [6.45, 7) is 1.72. The third kappa shape index (κ3) is 8.03. The second-order valence-electron chi connectivity index (χ2n) is 18.9. The molecule has 6 atom stereocenters. The summed E-state index contributed by atoms with van der Waals surface area (Å²) in [6.07, 6.45) is 7.26. The van der Waals surface area contributed by atoms with Gasteiger partial charge in [-0.05, 0) is 125 Å². The zero-order valence-electron chi connectivity index (χ0n) is 38.3. The lowest BCUT2D eigenvalue weighted by Gasteiger charge is -2.39. The summed E-state index contributed by atoms with van der Waals surface area (Å²) >= 11 is 0. The maximum atomic E-state index is 14.4. The molecule has 1 saturated carbocycles. The average Bonchev–Trinajstić information content (AvgIpc) is 4.26. The fourth-order valence-corrected chi connectivity index (χ4v) is 11.7. The molecule has 14 nitrogen and oxygen atoms in total. The molecule has 4 aliphatic heterocycles. The topological polar surface area (TPSA) is 168 Å². The number of ether oxygens (including phenoxy) is 3. The average molecular weight is 914 g/mol. The van der Waals surface area contributed by atoms with Gasteiger partial charge in [0.1, 0.15) is 17.9 Å². The third-order valence-electron chi connectivity index (χ3n) is 15.1. The predicted octanol–water partition coefficient (Wildman–Crippen LogP) is 8.97. The molecule has 348 valence electrons. The van der Waals surface area contributed by atoms with E-state index in [0.717, 1.165) is 98.8 Å². The molecule has 1 aromatic heterocycles. The molecule has 0 radical (unpaired) electrons. The van der Waals surface area contributed by atoms with Gasteiger partial charge in [-0.25, -0.2) is 14.6 Å². The van der Waals surface area contributed by atoms with Crippen LogP contribution >= 0.6 is 0 Å². The van der Waals surface area contributed by atoms with E-state index in [9.17, 15) is 19.2 Å². The van der Waals surface area contributed by atoms with Crippen molar-refractivity contribution in [1.82, 2.24) is 30.4 Å². The van der Waals surface area contributed by atoms with E-state index < -0.39 is 24.3 Å². The number of carbonyl (C=O) groups excluding carboxylic acids is 4. The number of nitrogens with one attached hydrogen (secondary N) is 3. The summed E-state index contributed by atoms with van der Waals surface area (Å²) in [5.41, 5.74) is 7.91. The third-order valence-corrected chi connectivity index (χ3v) is 15.1. The molecule has 2 bridgehead atoms. The fraction of sp³-hybridized carbons (Fsp3) is 0.370. The summed E-state index contributed by atoms with van der Waals surface area (Å²) in [5.74, 6) is 0.817. The van der Waals surface area contributed by atoms with Crippen molar-refractivity contribution in [3.63, 3.8) is 0 Å². The van der Waals surface area contributed by atoms with E-state index in [1.165, 1.54) is 14.2 Å². The van der Waals surface area contributed by atoms with E-state index in [4.69, 9.17) is 24.2 Å². The van der Waals surface area contributed by atoms with Crippen LogP contribution in [-0.2, 0) is 30.2 Å². The van der Waals surface area contributed by atoms with E-state index in [2.05, 4.69) is 82.3 Å². The number of hydrogen-bond acceptors (Lipinski definition) is 9. The first kappa shape index (κ1) is 43.5. The van der Waals surface area contributed by atoms with Gasteiger partial charge >= 0.3 is 12.2 Å². The first-order chi connectivity index (χ1) is 33.2. The Balaban J connectivity index is 0.796. The number of methoxy groups -OCH3 is 2. The molecule has 4 amide bonds. The first-order valence-corrected chi connectivity index (χ1v) is 23.9. The molecule has 0 unspecified atom stereocenters. The van der Waals surface area contributed by atoms with Crippen LogP contribution in [0.15, 0.2) is 108 Å². The lowest BCUT2D eigenvalue weighted by atomic mass is 9.89. The highest BCUT2D eigenvalue weighted by molar-refractivity contribution is 6.06. The highest BCUT2D eigenvalue weighted by Crippen LogP contribution is 2.50. The molecule has 5 aromatic carbocycles. The van der Waals surface area contributed by atoms with Gasteiger partial charge in [-0.1, -0.05) is 72.8 Å². The molecule has 68 heavy (non-hydrogen) atoms. The first-order valence-electron chi connectivity index (χ1n) is 23.9. The van der Waals surface area contributed by atoms with Gasteiger partial charge in [0.15, 0.2) is 0 Å². The van der Waals surface area contributed by atoms with E-state index in [0.29, 0.717) is 50.5 Å². The summed E-state index contributed by atoms with van der Waals surface area (Å²) < 4.78 is 15.4. The van der Waals surface area contributed by atoms with Gasteiger partial charge in [-0.2, -0.15) is 0 Å². The second kappa shape index (κ2) is 18.2. The van der Waals surface area contributed by atoms with Gasteiger partial charge in [-0.15, -0.1) is 0 Å². The smallest absolute Gasteiger partial charge is 0.407 e. The van der Waals surface area contributed by atoms with Crippen molar-refractivity contribution in [1.29, 1.82) is 0 Å². The quantitative estimate of drug-likeness (QED) is 0.122. The molecule has 5 heterocycles. The molecule has 5 aliphatic rings. The molecule has 4 fully saturated rings. The number of carbonyl (C=O) groups is 4. The number of imidazole rings is 1. The highest BCUT2D eigenvalue weighted by Gasteiger charge is 2.52. The number of H-pyrrole nitrogens is 1. The van der Waals surface area contributed by atoms with Gasteiger partial charge in [0, 0.05) is 43.5 Å². The lowest BCUT2D eigenvalue weighted by molar-refractivity contribution is -0.140. The van der Waals surface area contributed by atoms with Crippen LogP contribution in [-0.4, -0.2) is 102 Å². The van der Waals surface area contributed by atoms with E-state index in [1.54, 1.807) is 0 Å². The Morgan fingerprint density at radius 1 is 0.765 bits per heavy atom. The second-order valence-corrected chi connectivity index (χ2v) is 18.9. The molecule has 3 N–H and O–H groups in total. The number of aromatic nitrogens is 2. The van der Waals surface area contributed by atoms with Crippen LogP contribution in [0.4, 0.5) is 15.3 Å². The van der Waals surface area contributed by atoms with Gasteiger partial charge < -0.3 is 39.6 Å². The Bertz CT molecular complexity index is 2960. The Morgan fingerprint density at radius 2 is 1.47 bits per heavy atom. The molecular weight excluding hydrogens is 859 g/mol. The number of aliphatic imine (C=N–C) groups is 1. The van der Waals surface area contributed by atoms with Gasteiger partial charge in [-0.3, -0.25) is 14.6 Å². The summed E-state index contributed by atoms with van der Waals surface area (Å²) in [6, 6.07) is 31.3. The zero-order chi connectivity index (χ0) is 46.5. The number of rotatable bonds is 10. The summed E-state index contributed by atoms with van der Waals surface area (Å²) in [5, 5.41) is 10.1. The van der Waals surface area contributed by atoms with Crippen molar-refractivity contribution in [2.75, 3.05) is 34.0 Å². The van der Waals surface area contributed by atoms with Crippen molar-refractivity contribution >= 4 is 56.9 Å². The number of likely N-dealkylation sites (tertiary alicyclic amines) is 2. The number of benzene rings is 5. The standard InChI is InChI=1S/C54H55N7O7/c1-66-53(64)58-47(31-7-4-3-5-8-31)51(62)60-22-6-9-46(60)44-29-42-41-18-15-36(26-37(41)16-19-43(42)56-44)33-10-11-35-27-38(13-12-34(35)25-33)45-30-55-50(57-45)49-39-14-17-40(28-39)61(49)52(63)48(59-54(65)67-2)32-20-23-68-24-21-32/h3-5,7-8,10-13,15-16,18-19,25-27,30,32,39-40,46-49H,6,9,14,17,20-24,28-29H2,1-2H3,(H,55,57)(H,58,64)(H,59,65)/t39-,40+,46-,47+,48-,49-/m0/s1. The highest BCUT2D eigenvalue weighted by atomic mass is 16.5. The number of nitrogens with zero attached hydrogens (tertiary/aromatic N) is 4. The van der Waals surface area contributed by atoms with E-state index >= 15 is 0 Å². The Kier molecular flexibility index (Phi) is 11.6. The van der Waals surface area contributed by atoms with Gasteiger partial charge in [0.25, 0.3) is 0 Å². The van der Waals surface area contributed by atoms with Crippen LogP contribution in [0, 0.1) is 11.8 Å². The Labute approximate surface area is 394 Å². The fourth-order valence-electron chi connectivity index (χ4n) is 11.7. The number of amides is 4. The summed E-state index contributed by atoms with van der Waals surface area (Å²) in [4.78, 5) is 70.9. The molecule has 0 spiro atoms. The maximum Gasteiger partial charge on any atom is 0.407 e. The Hall–Kier alpha value is -7.06. The number of aromatic amines is 1. The summed E-state index contributed by atoms with van der Waals surface area (Å²) in [7, 11) is 2.63. The van der Waals surface area contributed by atoms with Crippen LogP contribution < -0.4 is 10.6 Å². The minimum absolute atomic E-state index is 0.0266. The maximum absolute atomic E-state index is 14.4. The zero-order valence-corrected chi connectivity index (χ0v) is 38.3. The molecule has 14 heteroatoms. The Morgan fingerprint density at radius 3 is 2.25 bits per heavy atom. The van der Waals surface area contributed by atoms with Crippen LogP contribution in [0.1, 0.15) is 74.0 Å². The molecular formula is C54H55N7O7. The van der Waals surface area contributed by atoms with Crippen LogP contribution in [0.25, 0.3) is 43.9 Å². The SMILES string of the molecule is COC(=O)N[C@H](C(=O)N1[C@@H]2CC[C@@H](C2)[C@H]1c1ncc(-c2ccc3cc(-c4ccc5c6c(ccc5c4)N=C([C@@H]4CCCN4C(=O)[C@H](NC(=O)OC)c4ccccc4)C6)ccc3c2)[nH]1)C1CCOCC1. The molecule has 3 saturated heterocycles. The van der Waals surface area contributed by atoms with Crippen molar-refractivity contribution in [2.45, 2.75) is 81.6 Å². The van der Waals surface area contributed by atoms with Crippen molar-refractivity contribution in [3.05, 3.63) is 120 Å². The van der Waals surface area contributed by atoms with E-state index in [-0.39, 0.29) is 35.9 Å². The molecule has 11 rings (SSSR count). The van der Waals surface area contributed by atoms with Crippen molar-refractivity contribution in [2.24, 2.45) is 16.8 Å². The van der Waals surface area contributed by atoms with Crippen molar-refractivity contribution < 1.29 is 33.4 Å². The van der Waals surface area contributed by atoms with Crippen LogP contribution in [0.3, 0.4) is 0 Å². The number of hydrogen-bond donors (Lipinski definition) is 3. The lowest BCUT2D eigenvalue weighted by Crippen LogP contribution is -2.55. The van der Waals surface area contributed by atoms with Crippen LogP contribution in [0.2, 0.25) is 0 Å². The minimum Gasteiger partial charge on any atom is -0.453 e. The number of alkyl carbamates (subject to hydrolysis) is 2. The predicted molar refractivity (Wildman–Crippen MR) is 258 cm³/mol. The minimum atomic E-state index is -0.862. The van der Waals surface area contributed by atoms with Crippen molar-refractivity contribution in [3.8, 4) is 22.4 Å². The van der Waals surface area contributed by atoms with Gasteiger partial charge in [0.05, 0.1) is 43.9 Å². The molecule has 6 aromatic rings. The largest absolute Gasteiger partial charge is 0.453 e. The molecule has 1 aliphatic carbocycles.